The molecule has 15 heavy (non-hydrogen) atoms. The Morgan fingerprint density at radius 3 is 2.80 bits per heavy atom. The standard InChI is InChI=1S/C6H7Cl3N4O2/c1-10-5(14)15-12-13-3-2-11-4(13)6(7,8)9/h2-4H,1H3,(H-,10,11,12,14)/p+1. The van der Waals surface area contributed by atoms with E-state index in [1.165, 1.54) is 24.2 Å². The van der Waals surface area contributed by atoms with Crippen molar-refractivity contribution in [3.63, 3.8) is 0 Å². The van der Waals surface area contributed by atoms with Gasteiger partial charge in [-0.05, 0) is 5.59 Å². The van der Waals surface area contributed by atoms with Crippen LogP contribution in [0.5, 0.6) is 0 Å². The van der Waals surface area contributed by atoms with Crippen LogP contribution in [0.3, 0.4) is 0 Å². The third kappa shape index (κ3) is 3.40. The molecule has 6 nitrogen and oxygen atoms in total. The van der Waals surface area contributed by atoms with Gasteiger partial charge in [0.15, 0.2) is 0 Å². The van der Waals surface area contributed by atoms with E-state index in [1.54, 1.807) is 0 Å². The zero-order valence-electron chi connectivity index (χ0n) is 7.58. The van der Waals surface area contributed by atoms with E-state index < -0.39 is 16.1 Å². The molecular formula is C6H8Cl3N4O2+. The van der Waals surface area contributed by atoms with Crippen LogP contribution >= 0.6 is 34.8 Å². The van der Waals surface area contributed by atoms with Crippen molar-refractivity contribution < 1.29 is 14.3 Å². The molecule has 0 fully saturated rings. The molecule has 1 heterocycles. The van der Waals surface area contributed by atoms with E-state index in [2.05, 4.69) is 20.7 Å². The first kappa shape index (κ1) is 12.4. The van der Waals surface area contributed by atoms with Gasteiger partial charge in [0.25, 0.3) is 3.79 Å². The van der Waals surface area contributed by atoms with Gasteiger partial charge in [-0.3, -0.25) is 4.84 Å². The van der Waals surface area contributed by atoms with Crippen molar-refractivity contribution in [3.8, 4) is 0 Å². The van der Waals surface area contributed by atoms with E-state index in [-0.39, 0.29) is 0 Å². The van der Waals surface area contributed by atoms with Gasteiger partial charge in [0.1, 0.15) is 0 Å². The summed E-state index contributed by atoms with van der Waals surface area (Å²) in [5.74, 6) is 0. The summed E-state index contributed by atoms with van der Waals surface area (Å²) in [6.07, 6.45) is 1.44. The number of hydrazone groups is 1. The average molecular weight is 275 g/mol. The van der Waals surface area contributed by atoms with Crippen LogP contribution in [0.4, 0.5) is 4.79 Å². The SMILES string of the molecule is CNC(=O)ON[N+]1=CC=NC1C(Cl)(Cl)Cl. The van der Waals surface area contributed by atoms with E-state index in [4.69, 9.17) is 34.8 Å². The summed E-state index contributed by atoms with van der Waals surface area (Å²) in [6, 6.07) is 0. The monoisotopic (exact) mass is 273 g/mol. The number of nitrogens with zero attached hydrogens (tertiary/aromatic N) is 2. The lowest BCUT2D eigenvalue weighted by Gasteiger charge is -2.14. The minimum Gasteiger partial charge on any atom is -0.323 e. The first-order chi connectivity index (χ1) is 6.95. The number of amides is 1. The molecule has 2 N–H and O–H groups in total. The van der Waals surface area contributed by atoms with Crippen molar-refractivity contribution in [1.29, 1.82) is 0 Å². The Hall–Kier alpha value is -0.720. The number of hydrogen-bond acceptors (Lipinski definition) is 4. The first-order valence-electron chi connectivity index (χ1n) is 3.81. The Kier molecular flexibility index (Phi) is 4.01. The van der Waals surface area contributed by atoms with Crippen LogP contribution < -0.4 is 10.9 Å². The van der Waals surface area contributed by atoms with Crippen molar-refractivity contribution in [2.75, 3.05) is 7.05 Å². The molecule has 1 unspecified atom stereocenters. The summed E-state index contributed by atoms with van der Waals surface area (Å²) < 4.78 is -0.370. The van der Waals surface area contributed by atoms with Gasteiger partial charge in [-0.15, -0.1) is 0 Å². The maximum Gasteiger partial charge on any atom is 0.435 e. The molecule has 0 spiro atoms. The highest BCUT2D eigenvalue weighted by Gasteiger charge is 2.44. The summed E-state index contributed by atoms with van der Waals surface area (Å²) in [5, 5.41) is 2.24. The third-order valence-electron chi connectivity index (χ3n) is 1.46. The fourth-order valence-corrected chi connectivity index (χ4v) is 1.30. The highest BCUT2D eigenvalue weighted by atomic mass is 35.6. The number of nitrogens with one attached hydrogen (secondary N) is 2. The van der Waals surface area contributed by atoms with Crippen LogP contribution in [0.15, 0.2) is 4.99 Å². The topological polar surface area (TPSA) is 65.7 Å². The van der Waals surface area contributed by atoms with Gasteiger partial charge in [0.2, 0.25) is 6.21 Å². The number of halogens is 3. The van der Waals surface area contributed by atoms with E-state index in [0.29, 0.717) is 0 Å². The molecule has 1 atom stereocenters. The maximum atomic E-state index is 10.7. The highest BCUT2D eigenvalue weighted by Crippen LogP contribution is 2.32. The minimum atomic E-state index is -1.62. The predicted molar refractivity (Wildman–Crippen MR) is 57.6 cm³/mol. The first-order valence-corrected chi connectivity index (χ1v) is 4.94. The Morgan fingerprint density at radius 2 is 2.27 bits per heavy atom. The largest absolute Gasteiger partial charge is 0.435 e. The van der Waals surface area contributed by atoms with Gasteiger partial charge < -0.3 is 5.32 Å². The summed E-state index contributed by atoms with van der Waals surface area (Å²) in [5.41, 5.74) is 2.28. The zero-order chi connectivity index (χ0) is 11.5. The highest BCUT2D eigenvalue weighted by molar-refractivity contribution is 6.68. The molecule has 1 aliphatic heterocycles. The minimum absolute atomic E-state index is 0.668. The molecule has 9 heteroatoms. The van der Waals surface area contributed by atoms with Crippen molar-refractivity contribution in [3.05, 3.63) is 0 Å². The van der Waals surface area contributed by atoms with Crippen molar-refractivity contribution >= 4 is 53.3 Å². The molecule has 0 aliphatic carbocycles. The summed E-state index contributed by atoms with van der Waals surface area (Å²) in [6.45, 7) is 0. The summed E-state index contributed by atoms with van der Waals surface area (Å²) in [4.78, 5) is 19.2. The molecule has 1 aliphatic rings. The van der Waals surface area contributed by atoms with E-state index in [1.807, 2.05) is 0 Å². The van der Waals surface area contributed by atoms with Gasteiger partial charge in [-0.2, -0.15) is 0 Å². The molecular weight excluding hydrogens is 266 g/mol. The van der Waals surface area contributed by atoms with Crippen LogP contribution in [-0.4, -0.2) is 40.2 Å². The van der Waals surface area contributed by atoms with Crippen LogP contribution in [0, 0.1) is 0 Å². The zero-order valence-corrected chi connectivity index (χ0v) is 9.84. The maximum absolute atomic E-state index is 10.7. The quantitative estimate of drug-likeness (QED) is 0.441. The number of hydrazine groups is 1. The number of carbonyl (C=O) groups is 1. The van der Waals surface area contributed by atoms with Crippen molar-refractivity contribution in [2.24, 2.45) is 4.99 Å². The molecule has 0 bridgehead atoms. The summed E-state index contributed by atoms with van der Waals surface area (Å²) in [7, 11) is 1.42. The molecule has 1 amide bonds. The normalized spacial score (nSPS) is 19.7. The predicted octanol–water partition coefficient (Wildman–Crippen LogP) is 0.626. The van der Waals surface area contributed by atoms with Crippen LogP contribution in [-0.2, 0) is 4.84 Å². The molecule has 0 aromatic rings. The van der Waals surface area contributed by atoms with E-state index >= 15 is 0 Å². The average Bonchev–Trinajstić information content (AvgIpc) is 2.61. The number of hydrogen-bond donors (Lipinski definition) is 2. The number of alkyl halides is 3. The van der Waals surface area contributed by atoms with E-state index in [9.17, 15) is 4.79 Å². The molecule has 0 aromatic heterocycles. The van der Waals surface area contributed by atoms with Crippen LogP contribution in [0.1, 0.15) is 0 Å². The fraction of sp³-hybridized carbons (Fsp3) is 0.500. The van der Waals surface area contributed by atoms with Crippen LogP contribution in [0.25, 0.3) is 0 Å². The Balaban J connectivity index is 2.53. The van der Waals surface area contributed by atoms with Crippen LogP contribution in [0.2, 0.25) is 0 Å². The lowest BCUT2D eigenvalue weighted by Crippen LogP contribution is -2.44. The molecule has 0 radical (unpaired) electrons. The Morgan fingerprint density at radius 1 is 1.60 bits per heavy atom. The third-order valence-corrected chi connectivity index (χ3v) is 2.04. The van der Waals surface area contributed by atoms with Gasteiger partial charge in [0, 0.05) is 7.05 Å². The lowest BCUT2D eigenvalue weighted by atomic mass is 10.6. The second kappa shape index (κ2) is 4.87. The van der Waals surface area contributed by atoms with E-state index in [0.717, 1.165) is 0 Å². The molecule has 84 valence electrons. The van der Waals surface area contributed by atoms with Gasteiger partial charge in [0.05, 0.1) is 6.21 Å². The summed E-state index contributed by atoms with van der Waals surface area (Å²) >= 11 is 16.9. The van der Waals surface area contributed by atoms with Gasteiger partial charge >= 0.3 is 12.3 Å². The Bertz CT molecular complexity index is 312. The molecule has 0 saturated carbocycles. The van der Waals surface area contributed by atoms with Gasteiger partial charge in [-0.25, -0.2) is 9.79 Å². The second-order valence-corrected chi connectivity index (χ2v) is 4.87. The Labute approximate surface area is 101 Å². The van der Waals surface area contributed by atoms with Crippen molar-refractivity contribution in [2.45, 2.75) is 9.96 Å². The molecule has 0 aromatic carbocycles. The second-order valence-electron chi connectivity index (χ2n) is 2.50. The number of rotatable bonds is 2. The number of aliphatic imine (C=N–C) groups is 1. The smallest absolute Gasteiger partial charge is 0.323 e. The lowest BCUT2D eigenvalue weighted by molar-refractivity contribution is -0.655. The molecule has 1 rings (SSSR count). The fourth-order valence-electron chi connectivity index (χ4n) is 0.813. The van der Waals surface area contributed by atoms with Gasteiger partial charge in [-0.1, -0.05) is 39.5 Å². The van der Waals surface area contributed by atoms with Crippen molar-refractivity contribution in [1.82, 2.24) is 10.9 Å². The number of carbonyl (C=O) groups excluding carboxylic acids is 1. The molecule has 0 saturated heterocycles.